The molecule has 24 heavy (non-hydrogen) atoms. The van der Waals surface area contributed by atoms with Gasteiger partial charge in [-0.3, -0.25) is 14.8 Å². The van der Waals surface area contributed by atoms with E-state index in [1.165, 1.54) is 38.5 Å². The maximum absolute atomic E-state index is 12.3. The van der Waals surface area contributed by atoms with Crippen LogP contribution in [0.3, 0.4) is 0 Å². The number of hydrogen-bond donors (Lipinski definition) is 2. The largest absolute Gasteiger partial charge is 0.381 e. The Labute approximate surface area is 142 Å². The van der Waals surface area contributed by atoms with Gasteiger partial charge in [0.15, 0.2) is 0 Å². The minimum absolute atomic E-state index is 0.127. The third kappa shape index (κ3) is 4.78. The highest BCUT2D eigenvalue weighted by atomic mass is 16.1. The summed E-state index contributed by atoms with van der Waals surface area (Å²) in [6, 6.07) is 8.03. The van der Waals surface area contributed by atoms with Crippen LogP contribution < -0.4 is 10.6 Å². The molecule has 0 saturated heterocycles. The monoisotopic (exact) mass is 324 g/mol. The molecule has 0 unspecified atom stereocenters. The van der Waals surface area contributed by atoms with E-state index in [0.29, 0.717) is 18.2 Å². The van der Waals surface area contributed by atoms with E-state index >= 15 is 0 Å². The van der Waals surface area contributed by atoms with E-state index < -0.39 is 0 Å². The van der Waals surface area contributed by atoms with Crippen molar-refractivity contribution in [3.05, 3.63) is 54.1 Å². The highest BCUT2D eigenvalue weighted by Gasteiger charge is 2.13. The number of amides is 1. The Bertz CT molecular complexity index is 651. The summed E-state index contributed by atoms with van der Waals surface area (Å²) in [7, 11) is 0. The first-order valence-corrected chi connectivity index (χ1v) is 8.71. The number of pyridine rings is 2. The summed E-state index contributed by atoms with van der Waals surface area (Å²) in [4.78, 5) is 20.7. The Morgan fingerprint density at radius 3 is 2.71 bits per heavy atom. The lowest BCUT2D eigenvalue weighted by molar-refractivity contribution is 0.0950. The maximum atomic E-state index is 12.3. The third-order valence-electron chi connectivity index (χ3n) is 4.38. The fraction of sp³-hybridized carbons (Fsp3) is 0.421. The summed E-state index contributed by atoms with van der Waals surface area (Å²) in [6.45, 7) is 0.417. The molecule has 0 atom stereocenters. The average Bonchev–Trinajstić information content (AvgIpc) is 2.89. The van der Waals surface area contributed by atoms with Crippen LogP contribution in [0.1, 0.15) is 54.6 Å². The second-order valence-electron chi connectivity index (χ2n) is 6.30. The van der Waals surface area contributed by atoms with Crippen LogP contribution in [0.15, 0.2) is 42.9 Å². The van der Waals surface area contributed by atoms with Crippen molar-refractivity contribution in [2.75, 3.05) is 5.32 Å². The van der Waals surface area contributed by atoms with E-state index in [-0.39, 0.29) is 5.91 Å². The van der Waals surface area contributed by atoms with Gasteiger partial charge in [-0.05, 0) is 31.0 Å². The number of nitrogens with one attached hydrogen (secondary N) is 2. The molecule has 5 nitrogen and oxygen atoms in total. The molecule has 2 heterocycles. The zero-order valence-corrected chi connectivity index (χ0v) is 13.9. The molecule has 2 aromatic rings. The normalized spacial score (nSPS) is 15.5. The maximum Gasteiger partial charge on any atom is 0.253 e. The number of aromatic nitrogens is 2. The van der Waals surface area contributed by atoms with E-state index in [4.69, 9.17) is 0 Å². The first kappa shape index (κ1) is 16.4. The Kier molecular flexibility index (Phi) is 5.77. The van der Waals surface area contributed by atoms with Crippen LogP contribution in [-0.2, 0) is 6.54 Å². The lowest BCUT2D eigenvalue weighted by atomic mass is 10.1. The molecule has 1 fully saturated rings. The average molecular weight is 324 g/mol. The molecule has 1 saturated carbocycles. The van der Waals surface area contributed by atoms with E-state index in [0.717, 1.165) is 11.4 Å². The highest BCUT2D eigenvalue weighted by Crippen LogP contribution is 2.21. The van der Waals surface area contributed by atoms with Gasteiger partial charge >= 0.3 is 0 Å². The summed E-state index contributed by atoms with van der Waals surface area (Å²) in [5.41, 5.74) is 2.34. The van der Waals surface area contributed by atoms with Crippen LogP contribution >= 0.6 is 0 Å². The summed E-state index contributed by atoms with van der Waals surface area (Å²) in [5.74, 6) is -0.127. The fourth-order valence-corrected chi connectivity index (χ4v) is 3.08. The van der Waals surface area contributed by atoms with Gasteiger partial charge in [-0.1, -0.05) is 31.7 Å². The van der Waals surface area contributed by atoms with Crippen LogP contribution in [0.5, 0.6) is 0 Å². The molecule has 1 aliphatic rings. The zero-order chi connectivity index (χ0) is 16.6. The predicted octanol–water partition coefficient (Wildman–Crippen LogP) is 3.54. The van der Waals surface area contributed by atoms with Gasteiger partial charge in [-0.2, -0.15) is 0 Å². The van der Waals surface area contributed by atoms with Crippen molar-refractivity contribution >= 4 is 11.6 Å². The van der Waals surface area contributed by atoms with Crippen molar-refractivity contribution in [1.82, 2.24) is 15.3 Å². The first-order valence-electron chi connectivity index (χ1n) is 8.71. The van der Waals surface area contributed by atoms with E-state index in [2.05, 4.69) is 20.6 Å². The second-order valence-corrected chi connectivity index (χ2v) is 6.30. The third-order valence-corrected chi connectivity index (χ3v) is 4.38. The summed E-state index contributed by atoms with van der Waals surface area (Å²) in [5, 5.41) is 6.42. The van der Waals surface area contributed by atoms with Gasteiger partial charge in [-0.25, -0.2) is 0 Å². The molecule has 3 rings (SSSR count). The SMILES string of the molecule is O=C(NCc1ccccn1)c1cncc(NC2CCCCCC2)c1. The van der Waals surface area contributed by atoms with Gasteiger partial charge < -0.3 is 10.6 Å². The van der Waals surface area contributed by atoms with Crippen molar-refractivity contribution < 1.29 is 4.79 Å². The minimum Gasteiger partial charge on any atom is -0.381 e. The smallest absolute Gasteiger partial charge is 0.253 e. The zero-order valence-electron chi connectivity index (χ0n) is 13.9. The number of rotatable bonds is 5. The Morgan fingerprint density at radius 2 is 1.96 bits per heavy atom. The van der Waals surface area contributed by atoms with Crippen molar-refractivity contribution in [1.29, 1.82) is 0 Å². The van der Waals surface area contributed by atoms with Crippen molar-refractivity contribution in [2.24, 2.45) is 0 Å². The summed E-state index contributed by atoms with van der Waals surface area (Å²) in [6.07, 6.45) is 12.7. The van der Waals surface area contributed by atoms with Gasteiger partial charge in [0.25, 0.3) is 5.91 Å². The molecule has 0 bridgehead atoms. The van der Waals surface area contributed by atoms with Crippen molar-refractivity contribution in [3.8, 4) is 0 Å². The number of anilines is 1. The van der Waals surface area contributed by atoms with Gasteiger partial charge in [0.05, 0.1) is 23.5 Å². The molecule has 2 aromatic heterocycles. The van der Waals surface area contributed by atoms with Crippen LogP contribution in [0, 0.1) is 0 Å². The molecular weight excluding hydrogens is 300 g/mol. The van der Waals surface area contributed by atoms with Crippen molar-refractivity contribution in [2.45, 2.75) is 51.1 Å². The number of nitrogens with zero attached hydrogens (tertiary/aromatic N) is 2. The lowest BCUT2D eigenvalue weighted by Gasteiger charge is -2.17. The van der Waals surface area contributed by atoms with Gasteiger partial charge in [-0.15, -0.1) is 0 Å². The minimum atomic E-state index is -0.127. The standard InChI is InChI=1S/C19H24N4O/c24-19(22-14-17-9-5-6-10-21-17)15-11-18(13-20-12-15)23-16-7-3-1-2-4-8-16/h5-6,9-13,16,23H,1-4,7-8,14H2,(H,22,24). The Balaban J connectivity index is 1.58. The van der Waals surface area contributed by atoms with Crippen LogP contribution in [0.4, 0.5) is 5.69 Å². The molecule has 1 amide bonds. The van der Waals surface area contributed by atoms with E-state index in [9.17, 15) is 4.79 Å². The number of carbonyl (C=O) groups is 1. The number of carbonyl (C=O) groups excluding carboxylic acids is 1. The van der Waals surface area contributed by atoms with E-state index in [1.54, 1.807) is 18.6 Å². The van der Waals surface area contributed by atoms with Gasteiger partial charge in [0, 0.05) is 24.6 Å². The molecule has 1 aliphatic carbocycles. The first-order chi connectivity index (χ1) is 11.8. The molecule has 5 heteroatoms. The number of hydrogen-bond acceptors (Lipinski definition) is 4. The lowest BCUT2D eigenvalue weighted by Crippen LogP contribution is -2.24. The quantitative estimate of drug-likeness (QED) is 0.826. The molecular formula is C19H24N4O. The second kappa shape index (κ2) is 8.43. The molecule has 0 aliphatic heterocycles. The molecule has 2 N–H and O–H groups in total. The van der Waals surface area contributed by atoms with Crippen LogP contribution in [0.2, 0.25) is 0 Å². The molecule has 126 valence electrons. The predicted molar refractivity (Wildman–Crippen MR) is 94.8 cm³/mol. The van der Waals surface area contributed by atoms with Crippen LogP contribution in [0.25, 0.3) is 0 Å². The molecule has 0 radical (unpaired) electrons. The van der Waals surface area contributed by atoms with Gasteiger partial charge in [0.1, 0.15) is 0 Å². The topological polar surface area (TPSA) is 66.9 Å². The fourth-order valence-electron chi connectivity index (χ4n) is 3.08. The summed E-state index contributed by atoms with van der Waals surface area (Å²) >= 11 is 0. The summed E-state index contributed by atoms with van der Waals surface area (Å²) < 4.78 is 0. The van der Waals surface area contributed by atoms with Crippen molar-refractivity contribution in [3.63, 3.8) is 0 Å². The van der Waals surface area contributed by atoms with Crippen LogP contribution in [-0.4, -0.2) is 21.9 Å². The Hall–Kier alpha value is -2.43. The Morgan fingerprint density at radius 1 is 1.12 bits per heavy atom. The highest BCUT2D eigenvalue weighted by molar-refractivity contribution is 5.94. The molecule has 0 spiro atoms. The van der Waals surface area contributed by atoms with Gasteiger partial charge in [0.2, 0.25) is 0 Å². The van der Waals surface area contributed by atoms with E-state index in [1.807, 2.05) is 24.3 Å². The molecule has 0 aromatic carbocycles.